The summed E-state index contributed by atoms with van der Waals surface area (Å²) < 4.78 is 55.9. The van der Waals surface area contributed by atoms with E-state index in [9.17, 15) is 22.0 Å². The lowest BCUT2D eigenvalue weighted by molar-refractivity contribution is -0.133. The lowest BCUT2D eigenvalue weighted by Gasteiger charge is -2.09. The van der Waals surface area contributed by atoms with Gasteiger partial charge in [-0.1, -0.05) is 17.7 Å². The monoisotopic (exact) mass is 399 g/mol. The Morgan fingerprint density at radius 3 is 2.27 bits per heavy atom. The molecule has 0 radical (unpaired) electrons. The van der Waals surface area contributed by atoms with Crippen molar-refractivity contribution in [2.24, 2.45) is 5.14 Å². The summed E-state index contributed by atoms with van der Waals surface area (Å²) in [6, 6.07) is 6.44. The van der Waals surface area contributed by atoms with Crippen LogP contribution in [-0.4, -0.2) is 21.0 Å². The molecule has 136 valence electrons. The first kappa shape index (κ1) is 18.5. The van der Waals surface area contributed by atoms with Gasteiger partial charge < -0.3 is 4.74 Å². The van der Waals surface area contributed by atoms with Crippen LogP contribution in [0.1, 0.15) is 16.7 Å². The van der Waals surface area contributed by atoms with E-state index >= 15 is 0 Å². The molecule has 0 saturated carbocycles. The number of hydrogen-bond acceptors (Lipinski definition) is 4. The zero-order valence-electron chi connectivity index (χ0n) is 13.3. The van der Waals surface area contributed by atoms with E-state index in [-0.39, 0.29) is 23.3 Å². The third-order valence-electron chi connectivity index (χ3n) is 3.93. The highest BCUT2D eigenvalue weighted by molar-refractivity contribution is 7.89. The molecule has 26 heavy (non-hydrogen) atoms. The Hall–Kier alpha value is -2.29. The molecule has 0 saturated heterocycles. The van der Waals surface area contributed by atoms with Crippen LogP contribution in [0.2, 0.25) is 5.02 Å². The molecule has 0 aromatic heterocycles. The molecule has 0 atom stereocenters. The lowest BCUT2D eigenvalue weighted by atomic mass is 9.95. The number of aryl methyl sites for hydroxylation is 1. The maximum Gasteiger partial charge on any atom is 0.339 e. The number of nitrogens with two attached hydrogens (primary N) is 1. The van der Waals surface area contributed by atoms with E-state index in [0.717, 1.165) is 12.1 Å². The summed E-state index contributed by atoms with van der Waals surface area (Å²) in [5.74, 6) is -3.35. The van der Waals surface area contributed by atoms with Crippen molar-refractivity contribution < 1.29 is 26.7 Å². The first-order valence-corrected chi connectivity index (χ1v) is 9.21. The highest BCUT2D eigenvalue weighted by Crippen LogP contribution is 2.35. The normalized spacial score (nSPS) is 14.7. The van der Waals surface area contributed by atoms with Crippen molar-refractivity contribution in [3.63, 3.8) is 0 Å². The Morgan fingerprint density at radius 2 is 1.73 bits per heavy atom. The minimum Gasteiger partial charge on any atom is -0.457 e. The van der Waals surface area contributed by atoms with Gasteiger partial charge in [0.05, 0.1) is 5.57 Å². The maximum atomic E-state index is 14.1. The van der Waals surface area contributed by atoms with Crippen LogP contribution in [0.15, 0.2) is 35.2 Å². The molecule has 0 bridgehead atoms. The van der Waals surface area contributed by atoms with Crippen LogP contribution in [-0.2, 0) is 19.6 Å². The van der Waals surface area contributed by atoms with Gasteiger partial charge in [0, 0.05) is 10.6 Å². The van der Waals surface area contributed by atoms with Crippen LogP contribution in [0.4, 0.5) is 8.78 Å². The lowest BCUT2D eigenvalue weighted by Crippen LogP contribution is -2.16. The van der Waals surface area contributed by atoms with Crippen LogP contribution in [0, 0.1) is 18.6 Å². The number of halogens is 3. The molecule has 1 aliphatic heterocycles. The summed E-state index contributed by atoms with van der Waals surface area (Å²) in [5, 5.41) is 5.32. The number of carbonyl (C=O) groups is 1. The van der Waals surface area contributed by atoms with Crippen LogP contribution >= 0.6 is 11.6 Å². The summed E-state index contributed by atoms with van der Waals surface area (Å²) in [7, 11) is -4.57. The van der Waals surface area contributed by atoms with Gasteiger partial charge >= 0.3 is 5.97 Å². The maximum absolute atomic E-state index is 14.1. The van der Waals surface area contributed by atoms with E-state index < -0.39 is 32.5 Å². The Labute approximate surface area is 153 Å². The molecule has 0 aliphatic carbocycles. The van der Waals surface area contributed by atoms with E-state index in [2.05, 4.69) is 0 Å². The van der Waals surface area contributed by atoms with Crippen molar-refractivity contribution in [2.75, 3.05) is 6.61 Å². The number of hydrogen-bond donors (Lipinski definition) is 1. The standard InChI is InChI=1S/C17H12ClF2NO4S/c1-8-4-9(2-3-12(8)18)15-11(7-25-17(15)22)10-5-13(19)16(14(20)6-10)26(21,23)24/h2-6H,7H2,1H3,(H2,21,23,24). The van der Waals surface area contributed by atoms with Crippen LogP contribution in [0.5, 0.6) is 0 Å². The molecule has 1 aliphatic rings. The van der Waals surface area contributed by atoms with Crippen LogP contribution < -0.4 is 5.14 Å². The molecule has 3 rings (SSSR count). The predicted octanol–water partition coefficient (Wildman–Crippen LogP) is 3.04. The molecule has 2 aromatic carbocycles. The van der Waals surface area contributed by atoms with Gasteiger partial charge in [0.1, 0.15) is 18.2 Å². The molecule has 0 spiro atoms. The van der Waals surface area contributed by atoms with Gasteiger partial charge in [-0.05, 0) is 47.9 Å². The molecular formula is C17H12ClF2NO4S. The van der Waals surface area contributed by atoms with E-state index in [1.807, 2.05) is 0 Å². The minimum absolute atomic E-state index is 0.0131. The van der Waals surface area contributed by atoms with Crippen molar-refractivity contribution in [1.82, 2.24) is 0 Å². The zero-order chi connectivity index (χ0) is 19.2. The zero-order valence-corrected chi connectivity index (χ0v) is 14.9. The fourth-order valence-corrected chi connectivity index (χ4v) is 3.51. The Bertz CT molecular complexity index is 1060. The number of primary sulfonamides is 1. The average molecular weight is 400 g/mol. The number of carbonyl (C=O) groups excluding carboxylic acids is 1. The van der Waals surface area contributed by atoms with Gasteiger partial charge in [-0.2, -0.15) is 0 Å². The van der Waals surface area contributed by atoms with Crippen molar-refractivity contribution >= 4 is 38.7 Å². The summed E-state index contributed by atoms with van der Waals surface area (Å²) in [4.78, 5) is 10.9. The van der Waals surface area contributed by atoms with Gasteiger partial charge in [-0.3, -0.25) is 0 Å². The van der Waals surface area contributed by atoms with Crippen LogP contribution in [0.3, 0.4) is 0 Å². The van der Waals surface area contributed by atoms with Crippen molar-refractivity contribution in [2.45, 2.75) is 11.8 Å². The van der Waals surface area contributed by atoms with Crippen molar-refractivity contribution in [3.8, 4) is 0 Å². The van der Waals surface area contributed by atoms with E-state index in [0.29, 0.717) is 16.1 Å². The second-order valence-electron chi connectivity index (χ2n) is 5.71. The number of esters is 1. The fraction of sp³-hybridized carbons (Fsp3) is 0.118. The van der Waals surface area contributed by atoms with Gasteiger partial charge in [-0.15, -0.1) is 0 Å². The summed E-state index contributed by atoms with van der Waals surface area (Å²) in [5.41, 5.74) is 1.53. The van der Waals surface area contributed by atoms with E-state index in [1.54, 1.807) is 25.1 Å². The second kappa shape index (κ2) is 6.46. The molecule has 0 unspecified atom stereocenters. The van der Waals surface area contributed by atoms with Crippen molar-refractivity contribution in [3.05, 3.63) is 63.7 Å². The number of benzene rings is 2. The van der Waals surface area contributed by atoms with E-state index in [4.69, 9.17) is 21.5 Å². The number of rotatable bonds is 3. The number of ether oxygens (including phenoxy) is 1. The number of cyclic esters (lactones) is 1. The van der Waals surface area contributed by atoms with Gasteiger partial charge in [0.15, 0.2) is 4.90 Å². The van der Waals surface area contributed by atoms with Crippen LogP contribution in [0.25, 0.3) is 11.1 Å². The third-order valence-corrected chi connectivity index (χ3v) is 5.31. The molecule has 5 nitrogen and oxygen atoms in total. The first-order chi connectivity index (χ1) is 12.1. The topological polar surface area (TPSA) is 86.5 Å². The smallest absolute Gasteiger partial charge is 0.339 e. The molecule has 0 amide bonds. The highest BCUT2D eigenvalue weighted by atomic mass is 35.5. The van der Waals surface area contributed by atoms with E-state index in [1.165, 1.54) is 0 Å². The Kier molecular flexibility index (Phi) is 4.60. The molecule has 2 aromatic rings. The fourth-order valence-electron chi connectivity index (χ4n) is 2.73. The SMILES string of the molecule is Cc1cc(C2=C(c3cc(F)c(S(N)(=O)=O)c(F)c3)COC2=O)ccc1Cl. The van der Waals surface area contributed by atoms with Crippen molar-refractivity contribution in [1.29, 1.82) is 0 Å². The summed E-state index contributed by atoms with van der Waals surface area (Å²) in [6.45, 7) is 1.54. The van der Waals surface area contributed by atoms with Gasteiger partial charge in [-0.25, -0.2) is 27.1 Å². The third kappa shape index (κ3) is 3.23. The summed E-state index contributed by atoms with van der Waals surface area (Å²) in [6.07, 6.45) is 0. The van der Waals surface area contributed by atoms with Gasteiger partial charge in [0.25, 0.3) is 0 Å². The minimum atomic E-state index is -4.57. The molecule has 0 fully saturated rings. The molecule has 1 heterocycles. The largest absolute Gasteiger partial charge is 0.457 e. The number of sulfonamides is 1. The first-order valence-electron chi connectivity index (χ1n) is 7.28. The quantitative estimate of drug-likeness (QED) is 0.804. The van der Waals surface area contributed by atoms with Gasteiger partial charge in [0.2, 0.25) is 10.0 Å². The average Bonchev–Trinajstić information content (AvgIpc) is 2.89. The molecular weight excluding hydrogens is 388 g/mol. The molecule has 2 N–H and O–H groups in total. The second-order valence-corrected chi connectivity index (χ2v) is 7.61. The highest BCUT2D eigenvalue weighted by Gasteiger charge is 2.30. The summed E-state index contributed by atoms with van der Waals surface area (Å²) >= 11 is 5.98. The Morgan fingerprint density at radius 1 is 1.12 bits per heavy atom. The molecule has 9 heteroatoms. The Balaban J connectivity index is 2.22. The predicted molar refractivity (Wildman–Crippen MR) is 91.7 cm³/mol.